The highest BCUT2D eigenvalue weighted by Crippen LogP contribution is 2.23. The second-order valence-corrected chi connectivity index (χ2v) is 6.95. The van der Waals surface area contributed by atoms with Crippen LogP contribution in [0.2, 0.25) is 0 Å². The average Bonchev–Trinajstić information content (AvgIpc) is 2.74. The Morgan fingerprint density at radius 1 is 1.30 bits per heavy atom. The third-order valence-corrected chi connectivity index (χ3v) is 4.78. The molecule has 4 atom stereocenters. The fraction of sp³-hybridized carbons (Fsp3) is 0.550. The summed E-state index contributed by atoms with van der Waals surface area (Å²) in [6.45, 7) is 5.94. The van der Waals surface area contributed by atoms with Gasteiger partial charge in [-0.25, -0.2) is 9.78 Å². The Kier molecular flexibility index (Phi) is 7.73. The zero-order chi connectivity index (χ0) is 22.4. The highest BCUT2D eigenvalue weighted by atomic mass is 16.6. The van der Waals surface area contributed by atoms with Crippen molar-refractivity contribution in [3.8, 4) is 5.75 Å². The minimum Gasteiger partial charge on any atom is -0.505 e. The van der Waals surface area contributed by atoms with Crippen molar-refractivity contribution in [1.82, 2.24) is 10.3 Å². The Labute approximate surface area is 173 Å². The van der Waals surface area contributed by atoms with Crippen molar-refractivity contribution in [3.05, 3.63) is 23.5 Å². The van der Waals surface area contributed by atoms with E-state index in [1.165, 1.54) is 19.2 Å². The van der Waals surface area contributed by atoms with E-state index in [0.717, 1.165) is 0 Å². The van der Waals surface area contributed by atoms with Crippen LogP contribution in [0.15, 0.2) is 12.3 Å². The normalized spacial score (nSPS) is 24.5. The lowest BCUT2D eigenvalue weighted by molar-refractivity contribution is -0.174. The van der Waals surface area contributed by atoms with Crippen LogP contribution < -0.4 is 5.32 Å². The van der Waals surface area contributed by atoms with Crippen molar-refractivity contribution in [2.24, 2.45) is 5.92 Å². The first kappa shape index (κ1) is 23.1. The Bertz CT molecular complexity index is 825. The van der Waals surface area contributed by atoms with Crippen LogP contribution in [-0.2, 0) is 28.6 Å². The van der Waals surface area contributed by atoms with E-state index in [1.807, 2.05) is 0 Å². The van der Waals surface area contributed by atoms with E-state index in [1.54, 1.807) is 20.8 Å². The molecule has 0 aromatic carbocycles. The van der Waals surface area contributed by atoms with Crippen LogP contribution >= 0.6 is 0 Å². The highest BCUT2D eigenvalue weighted by molar-refractivity contribution is 5.97. The Morgan fingerprint density at radius 2 is 2.00 bits per heavy atom. The summed E-state index contributed by atoms with van der Waals surface area (Å²) in [5.41, 5.74) is 0.154. The number of aromatic nitrogens is 1. The molecule has 1 aromatic rings. The van der Waals surface area contributed by atoms with Gasteiger partial charge in [-0.05, 0) is 31.9 Å². The van der Waals surface area contributed by atoms with Gasteiger partial charge in [-0.2, -0.15) is 0 Å². The van der Waals surface area contributed by atoms with Gasteiger partial charge in [0.2, 0.25) is 0 Å². The van der Waals surface area contributed by atoms with E-state index in [0.29, 0.717) is 12.0 Å². The summed E-state index contributed by atoms with van der Waals surface area (Å²) in [4.78, 5) is 53.2. The Balaban J connectivity index is 2.24. The quantitative estimate of drug-likeness (QED) is 0.525. The maximum Gasteiger partial charge on any atom is 0.332 e. The molecular formula is C20H26N2O8. The van der Waals surface area contributed by atoms with Crippen molar-refractivity contribution in [2.45, 2.75) is 58.8 Å². The Morgan fingerprint density at radius 3 is 2.63 bits per heavy atom. The Hall–Kier alpha value is -3.17. The van der Waals surface area contributed by atoms with Crippen LogP contribution in [0.3, 0.4) is 0 Å². The number of amides is 1. The molecule has 0 bridgehead atoms. The van der Waals surface area contributed by atoms with Crippen molar-refractivity contribution in [1.29, 1.82) is 0 Å². The molecule has 10 heteroatoms. The first-order valence-corrected chi connectivity index (χ1v) is 9.71. The van der Waals surface area contributed by atoms with Gasteiger partial charge in [0.25, 0.3) is 5.91 Å². The van der Waals surface area contributed by atoms with Crippen molar-refractivity contribution in [2.75, 3.05) is 6.61 Å². The van der Waals surface area contributed by atoms with Crippen LogP contribution in [0.25, 0.3) is 0 Å². The van der Waals surface area contributed by atoms with Gasteiger partial charge in [-0.3, -0.25) is 14.4 Å². The third-order valence-electron chi connectivity index (χ3n) is 4.78. The number of cyclic esters (lactones) is 2. The van der Waals surface area contributed by atoms with Gasteiger partial charge in [0.1, 0.15) is 18.5 Å². The molecule has 0 spiro atoms. The maximum atomic E-state index is 12.6. The van der Waals surface area contributed by atoms with Crippen LogP contribution in [0.1, 0.15) is 49.7 Å². The molecule has 0 radical (unpaired) electrons. The molecule has 2 rings (SSSR count). The number of ether oxygens (including phenoxy) is 3. The number of aryl methyl sites for hydroxylation is 1. The molecule has 10 nitrogen and oxygen atoms in total. The van der Waals surface area contributed by atoms with E-state index in [-0.39, 0.29) is 17.9 Å². The monoisotopic (exact) mass is 422 g/mol. The molecule has 1 saturated heterocycles. The molecule has 0 saturated carbocycles. The number of nitrogens with one attached hydrogen (secondary N) is 1. The summed E-state index contributed by atoms with van der Waals surface area (Å²) in [7, 11) is 0. The molecule has 0 aliphatic carbocycles. The zero-order valence-corrected chi connectivity index (χ0v) is 17.3. The topological polar surface area (TPSA) is 141 Å². The number of esters is 3. The van der Waals surface area contributed by atoms with Crippen molar-refractivity contribution < 1.29 is 38.5 Å². The number of hydrogen-bond acceptors (Lipinski definition) is 9. The van der Waals surface area contributed by atoms with Crippen molar-refractivity contribution >= 4 is 23.8 Å². The standard InChI is InChI=1S/C20H26N2O8/c1-5-12-17(30-14(23)6-2)11(4)29-20(27)13(9-28-19(12)26)22-18(25)15-16(24)10(3)7-8-21-15/h7-8,11-13,17,24H,5-6,9H2,1-4H3,(H,22,25)/t11-,12+,13-,17-/m0/s1. The highest BCUT2D eigenvalue weighted by Gasteiger charge is 2.41. The summed E-state index contributed by atoms with van der Waals surface area (Å²) in [5.74, 6) is -4.08. The molecule has 30 heavy (non-hydrogen) atoms. The number of aromatic hydroxyl groups is 1. The molecule has 0 unspecified atom stereocenters. The summed E-state index contributed by atoms with van der Waals surface area (Å²) in [5, 5.41) is 12.4. The summed E-state index contributed by atoms with van der Waals surface area (Å²) < 4.78 is 15.9. The number of hydrogen-bond donors (Lipinski definition) is 2. The van der Waals surface area contributed by atoms with Crippen LogP contribution in [0.4, 0.5) is 0 Å². The molecule has 1 fully saturated rings. The summed E-state index contributed by atoms with van der Waals surface area (Å²) >= 11 is 0. The maximum absolute atomic E-state index is 12.6. The minimum absolute atomic E-state index is 0.0916. The summed E-state index contributed by atoms with van der Waals surface area (Å²) in [6.07, 6.45) is -0.245. The van der Waals surface area contributed by atoms with E-state index < -0.39 is 54.6 Å². The molecule has 2 heterocycles. The SMILES string of the molecule is CCC(=O)O[C@H]1[C@H](C)OC(=O)[C@@H](NC(=O)c2nccc(C)c2O)COC(=O)[C@@H]1CC. The molecule has 1 aliphatic rings. The van der Waals surface area contributed by atoms with E-state index in [2.05, 4.69) is 10.3 Å². The fourth-order valence-corrected chi connectivity index (χ4v) is 2.99. The lowest BCUT2D eigenvalue weighted by Crippen LogP contribution is -2.46. The first-order valence-electron chi connectivity index (χ1n) is 9.71. The lowest BCUT2D eigenvalue weighted by Gasteiger charge is -2.28. The molecule has 1 aliphatic heterocycles. The molecular weight excluding hydrogens is 396 g/mol. The van der Waals surface area contributed by atoms with Gasteiger partial charge in [-0.15, -0.1) is 0 Å². The van der Waals surface area contributed by atoms with E-state index in [9.17, 15) is 24.3 Å². The second-order valence-electron chi connectivity index (χ2n) is 6.95. The number of nitrogens with zero attached hydrogens (tertiary/aromatic N) is 1. The van der Waals surface area contributed by atoms with Gasteiger partial charge in [0, 0.05) is 12.6 Å². The fourth-order valence-electron chi connectivity index (χ4n) is 2.99. The number of pyridine rings is 1. The zero-order valence-electron chi connectivity index (χ0n) is 17.3. The van der Waals surface area contributed by atoms with E-state index in [4.69, 9.17) is 14.2 Å². The number of carbonyl (C=O) groups excluding carboxylic acids is 4. The molecule has 1 amide bonds. The smallest absolute Gasteiger partial charge is 0.332 e. The second kappa shape index (κ2) is 10.0. The largest absolute Gasteiger partial charge is 0.505 e. The van der Waals surface area contributed by atoms with Gasteiger partial charge in [0.05, 0.1) is 5.92 Å². The van der Waals surface area contributed by atoms with Gasteiger partial charge >= 0.3 is 17.9 Å². The average molecular weight is 422 g/mol. The number of carbonyl (C=O) groups is 4. The minimum atomic E-state index is -1.33. The lowest BCUT2D eigenvalue weighted by atomic mass is 9.95. The van der Waals surface area contributed by atoms with E-state index >= 15 is 0 Å². The van der Waals surface area contributed by atoms with Crippen LogP contribution in [0.5, 0.6) is 5.75 Å². The van der Waals surface area contributed by atoms with Crippen LogP contribution in [0, 0.1) is 12.8 Å². The number of rotatable bonds is 5. The summed E-state index contributed by atoms with van der Waals surface area (Å²) in [6, 6.07) is 0.190. The van der Waals surface area contributed by atoms with Crippen LogP contribution in [-0.4, -0.2) is 58.8 Å². The molecule has 164 valence electrons. The van der Waals surface area contributed by atoms with Gasteiger partial charge in [0.15, 0.2) is 17.8 Å². The van der Waals surface area contributed by atoms with Gasteiger partial charge < -0.3 is 24.6 Å². The first-order chi connectivity index (χ1) is 14.2. The predicted octanol–water partition coefficient (Wildman–Crippen LogP) is 1.03. The van der Waals surface area contributed by atoms with Gasteiger partial charge in [-0.1, -0.05) is 13.8 Å². The molecule has 2 N–H and O–H groups in total. The molecule has 1 aromatic heterocycles. The predicted molar refractivity (Wildman–Crippen MR) is 102 cm³/mol. The van der Waals surface area contributed by atoms with Crippen molar-refractivity contribution in [3.63, 3.8) is 0 Å². The third kappa shape index (κ3) is 5.25.